The Bertz CT molecular complexity index is 553. The molecular formula is C18H27N3O3S. The van der Waals surface area contributed by atoms with E-state index >= 15 is 0 Å². The van der Waals surface area contributed by atoms with E-state index < -0.39 is 0 Å². The zero-order chi connectivity index (χ0) is 17.6. The lowest BCUT2D eigenvalue weighted by Gasteiger charge is -2.41. The van der Waals surface area contributed by atoms with Gasteiger partial charge in [-0.1, -0.05) is 0 Å². The minimum atomic E-state index is -0.357. The third kappa shape index (κ3) is 5.17. The van der Waals surface area contributed by atoms with Crippen LogP contribution in [0.2, 0.25) is 0 Å². The third-order valence-corrected chi connectivity index (χ3v) is 6.51. The molecule has 2 aliphatic rings. The fraction of sp³-hybridized carbons (Fsp3) is 0.667. The third-order valence-electron chi connectivity index (χ3n) is 5.41. The Morgan fingerprint density at radius 2 is 1.72 bits per heavy atom. The van der Waals surface area contributed by atoms with Crippen molar-refractivity contribution >= 4 is 17.6 Å². The molecule has 3 rings (SSSR count). The summed E-state index contributed by atoms with van der Waals surface area (Å²) in [6.07, 6.45) is 5.77. The molecule has 1 N–H and O–H groups in total. The number of aliphatic hydroxyl groups is 1. The molecule has 0 amide bonds. The van der Waals surface area contributed by atoms with Gasteiger partial charge in [-0.3, -0.25) is 10.1 Å². The van der Waals surface area contributed by atoms with Crippen LogP contribution in [0.5, 0.6) is 0 Å². The second kappa shape index (κ2) is 8.98. The van der Waals surface area contributed by atoms with E-state index in [0.717, 1.165) is 24.4 Å². The number of benzene rings is 1. The largest absolute Gasteiger partial charge is 0.396 e. The standard InChI is InChI=1S/C18H27N3O3S/c22-14-9-15-5-10-19(11-6-15)16-7-12-20(13-8-16)25-18-3-1-17(2-4-18)21(23)24/h1-4,15-16,22H,5-14H2. The molecule has 0 unspecified atom stereocenters. The maximum absolute atomic E-state index is 10.7. The van der Waals surface area contributed by atoms with Crippen LogP contribution in [0.15, 0.2) is 29.2 Å². The summed E-state index contributed by atoms with van der Waals surface area (Å²) in [4.78, 5) is 14.1. The Morgan fingerprint density at radius 3 is 2.28 bits per heavy atom. The molecule has 2 heterocycles. The first-order chi connectivity index (χ1) is 12.2. The van der Waals surface area contributed by atoms with E-state index in [2.05, 4.69) is 9.21 Å². The number of nitro groups is 1. The molecule has 0 atom stereocenters. The molecular weight excluding hydrogens is 338 g/mol. The summed E-state index contributed by atoms with van der Waals surface area (Å²) in [5.74, 6) is 0.707. The van der Waals surface area contributed by atoms with Crippen molar-refractivity contribution < 1.29 is 10.0 Å². The van der Waals surface area contributed by atoms with Crippen LogP contribution in [0.3, 0.4) is 0 Å². The van der Waals surface area contributed by atoms with E-state index in [4.69, 9.17) is 5.11 Å². The average molecular weight is 365 g/mol. The van der Waals surface area contributed by atoms with Gasteiger partial charge in [-0.05, 0) is 75.2 Å². The Hall–Kier alpha value is -1.15. The lowest BCUT2D eigenvalue weighted by Crippen LogP contribution is -2.46. The van der Waals surface area contributed by atoms with E-state index in [-0.39, 0.29) is 10.6 Å². The van der Waals surface area contributed by atoms with Gasteiger partial charge in [0.05, 0.1) is 4.92 Å². The smallest absolute Gasteiger partial charge is 0.269 e. The van der Waals surface area contributed by atoms with Crippen LogP contribution < -0.4 is 0 Å². The molecule has 0 saturated carbocycles. The zero-order valence-electron chi connectivity index (χ0n) is 14.5. The number of hydrogen-bond acceptors (Lipinski definition) is 6. The van der Waals surface area contributed by atoms with Crippen LogP contribution in [-0.2, 0) is 0 Å². The highest BCUT2D eigenvalue weighted by atomic mass is 32.2. The quantitative estimate of drug-likeness (QED) is 0.474. The van der Waals surface area contributed by atoms with E-state index in [9.17, 15) is 10.1 Å². The Kier molecular flexibility index (Phi) is 6.70. The highest BCUT2D eigenvalue weighted by molar-refractivity contribution is 7.97. The molecule has 0 bridgehead atoms. The number of aliphatic hydroxyl groups excluding tert-OH is 1. The highest BCUT2D eigenvalue weighted by Gasteiger charge is 2.28. The first-order valence-corrected chi connectivity index (χ1v) is 9.95. The van der Waals surface area contributed by atoms with Gasteiger partial charge in [0.15, 0.2) is 0 Å². The van der Waals surface area contributed by atoms with Crippen molar-refractivity contribution in [1.82, 2.24) is 9.21 Å². The number of nitrogens with zero attached hydrogens (tertiary/aromatic N) is 3. The molecule has 7 heteroatoms. The second-order valence-corrected chi connectivity index (χ2v) is 8.16. The van der Waals surface area contributed by atoms with Crippen molar-refractivity contribution in [1.29, 1.82) is 0 Å². The Balaban J connectivity index is 1.42. The summed E-state index contributed by atoms with van der Waals surface area (Å²) in [5, 5.41) is 19.8. The van der Waals surface area contributed by atoms with E-state index in [1.54, 1.807) is 24.1 Å². The van der Waals surface area contributed by atoms with Crippen LogP contribution in [0.4, 0.5) is 5.69 Å². The summed E-state index contributed by atoms with van der Waals surface area (Å²) in [7, 11) is 0. The zero-order valence-corrected chi connectivity index (χ0v) is 15.4. The minimum Gasteiger partial charge on any atom is -0.396 e. The topological polar surface area (TPSA) is 69.9 Å². The average Bonchev–Trinajstić information content (AvgIpc) is 2.64. The highest BCUT2D eigenvalue weighted by Crippen LogP contribution is 2.30. The monoisotopic (exact) mass is 365 g/mol. The van der Waals surface area contributed by atoms with Gasteiger partial charge in [0, 0.05) is 42.8 Å². The molecule has 25 heavy (non-hydrogen) atoms. The predicted molar refractivity (Wildman–Crippen MR) is 99.5 cm³/mol. The number of non-ortho nitro benzene ring substituents is 1. The number of piperidine rings is 2. The summed E-state index contributed by atoms with van der Waals surface area (Å²) >= 11 is 1.71. The van der Waals surface area contributed by atoms with Gasteiger partial charge >= 0.3 is 0 Å². The molecule has 0 radical (unpaired) electrons. The predicted octanol–water partition coefficient (Wildman–Crippen LogP) is 3.16. The van der Waals surface area contributed by atoms with Gasteiger partial charge in [0.25, 0.3) is 5.69 Å². The van der Waals surface area contributed by atoms with Crippen molar-refractivity contribution in [3.63, 3.8) is 0 Å². The number of likely N-dealkylation sites (tertiary alicyclic amines) is 1. The molecule has 0 aromatic heterocycles. The maximum Gasteiger partial charge on any atom is 0.269 e. The number of nitro benzene ring substituents is 1. The van der Waals surface area contributed by atoms with Crippen molar-refractivity contribution in [3.8, 4) is 0 Å². The molecule has 6 nitrogen and oxygen atoms in total. The van der Waals surface area contributed by atoms with Crippen LogP contribution in [0.25, 0.3) is 0 Å². The van der Waals surface area contributed by atoms with E-state index in [1.807, 2.05) is 12.1 Å². The number of rotatable bonds is 6. The second-order valence-electron chi connectivity index (χ2n) is 6.99. The molecule has 0 spiro atoms. The summed E-state index contributed by atoms with van der Waals surface area (Å²) < 4.78 is 2.37. The molecule has 1 aromatic carbocycles. The van der Waals surface area contributed by atoms with Gasteiger partial charge in [0.1, 0.15) is 0 Å². The van der Waals surface area contributed by atoms with Gasteiger partial charge in [-0.15, -0.1) is 0 Å². The molecule has 138 valence electrons. The summed E-state index contributed by atoms with van der Waals surface area (Å²) in [6, 6.07) is 7.50. The molecule has 0 aliphatic carbocycles. The van der Waals surface area contributed by atoms with Crippen molar-refractivity contribution in [2.45, 2.75) is 43.0 Å². The number of hydrogen-bond donors (Lipinski definition) is 1. The SMILES string of the molecule is O=[N+]([O-])c1ccc(SN2CCC(N3CCC(CCO)CC3)CC2)cc1. The van der Waals surface area contributed by atoms with Gasteiger partial charge in [-0.2, -0.15) is 0 Å². The molecule has 2 saturated heterocycles. The van der Waals surface area contributed by atoms with E-state index in [1.165, 1.54) is 38.8 Å². The molecule has 1 aromatic rings. The van der Waals surface area contributed by atoms with Crippen LogP contribution in [0, 0.1) is 16.0 Å². The van der Waals surface area contributed by atoms with Crippen molar-refractivity contribution in [3.05, 3.63) is 34.4 Å². The van der Waals surface area contributed by atoms with Crippen molar-refractivity contribution in [2.75, 3.05) is 32.8 Å². The van der Waals surface area contributed by atoms with Crippen LogP contribution in [0.1, 0.15) is 32.1 Å². The molecule has 2 aliphatic heterocycles. The lowest BCUT2D eigenvalue weighted by atomic mass is 9.92. The Labute approximate surface area is 153 Å². The fourth-order valence-corrected chi connectivity index (χ4v) is 4.82. The first-order valence-electron chi connectivity index (χ1n) is 9.18. The van der Waals surface area contributed by atoms with Gasteiger partial charge in [-0.25, -0.2) is 4.31 Å². The summed E-state index contributed by atoms with van der Waals surface area (Å²) in [6.45, 7) is 4.78. The normalized spacial score (nSPS) is 21.5. The van der Waals surface area contributed by atoms with E-state index in [0.29, 0.717) is 18.6 Å². The van der Waals surface area contributed by atoms with Crippen LogP contribution in [-0.4, -0.2) is 58.1 Å². The lowest BCUT2D eigenvalue weighted by molar-refractivity contribution is -0.384. The minimum absolute atomic E-state index is 0.146. The van der Waals surface area contributed by atoms with Crippen molar-refractivity contribution in [2.24, 2.45) is 5.92 Å². The molecule has 2 fully saturated rings. The van der Waals surface area contributed by atoms with Gasteiger partial charge in [0.2, 0.25) is 0 Å². The van der Waals surface area contributed by atoms with Gasteiger partial charge < -0.3 is 10.0 Å². The first kappa shape index (κ1) is 18.6. The van der Waals surface area contributed by atoms with Crippen LogP contribution >= 0.6 is 11.9 Å². The fourth-order valence-electron chi connectivity index (χ4n) is 3.87. The summed E-state index contributed by atoms with van der Waals surface area (Å²) in [5.41, 5.74) is 0.146. The Morgan fingerprint density at radius 1 is 1.08 bits per heavy atom. The maximum atomic E-state index is 10.7.